The van der Waals surface area contributed by atoms with Crippen LogP contribution in [-0.2, 0) is 10.0 Å². The molecule has 1 unspecified atom stereocenters. The zero-order valence-electron chi connectivity index (χ0n) is 14.8. The molecule has 0 N–H and O–H groups in total. The highest BCUT2D eigenvalue weighted by Gasteiger charge is 2.33. The average molecular weight is 307 g/mol. The van der Waals surface area contributed by atoms with E-state index in [4.69, 9.17) is 0 Å². The van der Waals surface area contributed by atoms with E-state index in [1.165, 1.54) is 10.6 Å². The maximum absolute atomic E-state index is 11.7. The molecule has 0 aliphatic heterocycles. The van der Waals surface area contributed by atoms with Crippen LogP contribution in [0.4, 0.5) is 0 Å². The topological polar surface area (TPSA) is 40.6 Å². The third-order valence-corrected chi connectivity index (χ3v) is 5.88. The van der Waals surface area contributed by atoms with Crippen LogP contribution in [0.1, 0.15) is 54.4 Å². The Labute approximate surface area is 126 Å². The zero-order chi connectivity index (χ0) is 16.4. The van der Waals surface area contributed by atoms with Gasteiger partial charge in [0, 0.05) is 24.7 Å². The number of hydrogen-bond donors (Lipinski definition) is 0. The molecule has 0 amide bonds. The van der Waals surface area contributed by atoms with Crippen LogP contribution < -0.4 is 0 Å². The molecule has 4 nitrogen and oxygen atoms in total. The summed E-state index contributed by atoms with van der Waals surface area (Å²) in [5.41, 5.74) is -0.215. The smallest absolute Gasteiger partial charge is 0.211 e. The van der Waals surface area contributed by atoms with Crippen LogP contribution >= 0.6 is 0 Å². The molecule has 0 heterocycles. The Morgan fingerprint density at radius 1 is 1.05 bits per heavy atom. The van der Waals surface area contributed by atoms with Crippen molar-refractivity contribution in [2.45, 2.75) is 65.5 Å². The summed E-state index contributed by atoms with van der Waals surface area (Å²) < 4.78 is 25.0. The normalized spacial score (nSPS) is 15.9. The maximum Gasteiger partial charge on any atom is 0.211 e. The molecule has 0 fully saturated rings. The second-order valence-corrected chi connectivity index (χ2v) is 9.59. The minimum absolute atomic E-state index is 0.139. The summed E-state index contributed by atoms with van der Waals surface area (Å²) in [7, 11) is 0.659. The summed E-state index contributed by atoms with van der Waals surface area (Å²) in [5.74, 6) is 0.485. The van der Waals surface area contributed by atoms with Gasteiger partial charge in [0.2, 0.25) is 10.0 Å². The van der Waals surface area contributed by atoms with Gasteiger partial charge in [0.05, 0.1) is 6.26 Å². The molecule has 0 aliphatic rings. The van der Waals surface area contributed by atoms with Crippen LogP contribution in [0.2, 0.25) is 0 Å². The first-order valence-corrected chi connectivity index (χ1v) is 9.22. The zero-order valence-corrected chi connectivity index (χ0v) is 15.6. The molecule has 0 saturated heterocycles. The Kier molecular flexibility index (Phi) is 6.71. The lowest BCUT2D eigenvalue weighted by Crippen LogP contribution is -2.48. The highest BCUT2D eigenvalue weighted by Crippen LogP contribution is 2.27. The quantitative estimate of drug-likeness (QED) is 0.726. The molecule has 0 saturated carbocycles. The lowest BCUT2D eigenvalue weighted by atomic mass is 9.88. The fourth-order valence-corrected chi connectivity index (χ4v) is 3.26. The van der Waals surface area contributed by atoms with Crippen molar-refractivity contribution in [1.29, 1.82) is 0 Å². The first-order valence-electron chi connectivity index (χ1n) is 7.37. The minimum atomic E-state index is -3.15. The molecule has 0 rings (SSSR count). The minimum Gasteiger partial charge on any atom is -0.301 e. The highest BCUT2D eigenvalue weighted by atomic mass is 32.2. The van der Waals surface area contributed by atoms with Crippen LogP contribution in [0.5, 0.6) is 0 Å². The summed E-state index contributed by atoms with van der Waals surface area (Å²) in [6, 6.07) is 0. The Morgan fingerprint density at radius 2 is 1.50 bits per heavy atom. The van der Waals surface area contributed by atoms with Gasteiger partial charge in [-0.25, -0.2) is 8.42 Å². The van der Waals surface area contributed by atoms with E-state index >= 15 is 0 Å². The van der Waals surface area contributed by atoms with Gasteiger partial charge < -0.3 is 4.90 Å². The molecule has 0 aromatic rings. The van der Waals surface area contributed by atoms with Crippen molar-refractivity contribution >= 4 is 10.0 Å². The van der Waals surface area contributed by atoms with Crippen LogP contribution in [0.3, 0.4) is 0 Å². The van der Waals surface area contributed by atoms with Gasteiger partial charge in [-0.2, -0.15) is 4.31 Å². The lowest BCUT2D eigenvalue weighted by Gasteiger charge is -2.40. The maximum atomic E-state index is 11.7. The molecule has 0 spiro atoms. The Morgan fingerprint density at radius 3 is 1.80 bits per heavy atom. The molecule has 0 bridgehead atoms. The first kappa shape index (κ1) is 19.9. The first-order chi connectivity index (χ1) is 8.71. The van der Waals surface area contributed by atoms with Crippen molar-refractivity contribution < 1.29 is 8.42 Å². The number of sulfonamides is 1. The standard InChI is InChI=1S/C15H34N2O2S/c1-10-13(12-16(7)14(2,3)4)11-15(5,6)17(8)20(9,18)19/h13H,10-12H2,1-9H3. The van der Waals surface area contributed by atoms with Gasteiger partial charge in [-0.1, -0.05) is 13.3 Å². The van der Waals surface area contributed by atoms with Gasteiger partial charge in [0.25, 0.3) is 0 Å². The van der Waals surface area contributed by atoms with Gasteiger partial charge in [-0.05, 0) is 54.0 Å². The van der Waals surface area contributed by atoms with E-state index in [0.717, 1.165) is 19.4 Å². The predicted molar refractivity (Wildman–Crippen MR) is 87.5 cm³/mol. The van der Waals surface area contributed by atoms with Gasteiger partial charge in [0.15, 0.2) is 0 Å². The van der Waals surface area contributed by atoms with Crippen molar-refractivity contribution in [2.24, 2.45) is 5.92 Å². The lowest BCUT2D eigenvalue weighted by molar-refractivity contribution is 0.120. The molecule has 0 aromatic carbocycles. The summed E-state index contributed by atoms with van der Waals surface area (Å²) in [5, 5.41) is 0. The van der Waals surface area contributed by atoms with E-state index in [1.54, 1.807) is 7.05 Å². The van der Waals surface area contributed by atoms with Crippen molar-refractivity contribution in [1.82, 2.24) is 9.21 Å². The van der Waals surface area contributed by atoms with Crippen molar-refractivity contribution in [3.8, 4) is 0 Å². The molecule has 0 aliphatic carbocycles. The molecule has 1 atom stereocenters. The number of hydrogen-bond acceptors (Lipinski definition) is 3. The molecule has 20 heavy (non-hydrogen) atoms. The van der Waals surface area contributed by atoms with E-state index in [2.05, 4.69) is 39.6 Å². The number of rotatable bonds is 7. The van der Waals surface area contributed by atoms with Crippen molar-refractivity contribution in [2.75, 3.05) is 26.9 Å². The van der Waals surface area contributed by atoms with E-state index in [1.807, 2.05) is 13.8 Å². The van der Waals surface area contributed by atoms with Crippen molar-refractivity contribution in [3.63, 3.8) is 0 Å². The highest BCUT2D eigenvalue weighted by molar-refractivity contribution is 7.88. The second kappa shape index (κ2) is 6.75. The van der Waals surface area contributed by atoms with Gasteiger partial charge in [-0.3, -0.25) is 0 Å². The van der Waals surface area contributed by atoms with Gasteiger partial charge in [-0.15, -0.1) is 0 Å². The SMILES string of the molecule is CCC(CN(C)C(C)(C)C)CC(C)(C)N(C)S(C)(=O)=O. The van der Waals surface area contributed by atoms with Crippen LogP contribution in [0, 0.1) is 5.92 Å². The molecule has 0 aromatic heterocycles. The average Bonchev–Trinajstić information content (AvgIpc) is 2.24. The fourth-order valence-electron chi connectivity index (χ4n) is 2.28. The van der Waals surface area contributed by atoms with Gasteiger partial charge in [0.1, 0.15) is 0 Å². The summed E-state index contributed by atoms with van der Waals surface area (Å²) >= 11 is 0. The van der Waals surface area contributed by atoms with Crippen molar-refractivity contribution in [3.05, 3.63) is 0 Å². The van der Waals surface area contributed by atoms with E-state index in [0.29, 0.717) is 5.92 Å². The van der Waals surface area contributed by atoms with Crippen LogP contribution in [0.15, 0.2) is 0 Å². The Hall–Kier alpha value is -0.130. The summed E-state index contributed by atoms with van der Waals surface area (Å²) in [6.07, 6.45) is 3.20. The monoisotopic (exact) mass is 306 g/mol. The van der Waals surface area contributed by atoms with E-state index < -0.39 is 10.0 Å². The molecular weight excluding hydrogens is 272 g/mol. The summed E-state index contributed by atoms with van der Waals surface area (Å²) in [4.78, 5) is 2.34. The van der Waals surface area contributed by atoms with E-state index in [9.17, 15) is 8.42 Å². The Balaban J connectivity index is 4.88. The second-order valence-electron chi connectivity index (χ2n) is 7.57. The number of nitrogens with zero attached hydrogens (tertiary/aromatic N) is 2. The molecule has 0 radical (unpaired) electrons. The van der Waals surface area contributed by atoms with Gasteiger partial charge >= 0.3 is 0 Å². The molecule has 5 heteroatoms. The predicted octanol–water partition coefficient (Wildman–Crippen LogP) is 2.80. The van der Waals surface area contributed by atoms with E-state index in [-0.39, 0.29) is 11.1 Å². The summed E-state index contributed by atoms with van der Waals surface area (Å²) in [6.45, 7) is 13.8. The third-order valence-electron chi connectivity index (χ3n) is 4.39. The molecule has 122 valence electrons. The Bertz CT molecular complexity index is 397. The van der Waals surface area contributed by atoms with Crippen LogP contribution in [0.25, 0.3) is 0 Å². The third kappa shape index (κ3) is 6.10. The fraction of sp³-hybridized carbons (Fsp3) is 1.00. The molecular formula is C15H34N2O2S. The largest absolute Gasteiger partial charge is 0.301 e. The van der Waals surface area contributed by atoms with Crippen LogP contribution in [-0.4, -0.2) is 55.6 Å².